The molecule has 1 amide bonds. The SMILES string of the molecule is COc1ccc(Cl)cc1NC(=O)[C@H](C)[NH+](C)Cc1ccc(C(F)(F)F)cc1. The molecular formula is C19H21ClF3N2O2+. The van der Waals surface area contributed by atoms with E-state index in [1.54, 1.807) is 32.2 Å². The minimum absolute atomic E-state index is 0.250. The van der Waals surface area contributed by atoms with Crippen LogP contribution in [0.15, 0.2) is 42.5 Å². The van der Waals surface area contributed by atoms with Gasteiger partial charge in [-0.15, -0.1) is 0 Å². The maximum absolute atomic E-state index is 12.6. The number of ether oxygens (including phenoxy) is 1. The molecule has 2 aromatic rings. The number of hydrogen-bond donors (Lipinski definition) is 2. The number of benzene rings is 2. The summed E-state index contributed by atoms with van der Waals surface area (Å²) in [6.45, 7) is 2.14. The molecule has 0 heterocycles. The first-order valence-corrected chi connectivity index (χ1v) is 8.62. The third-order valence-electron chi connectivity index (χ3n) is 4.32. The van der Waals surface area contributed by atoms with Gasteiger partial charge in [-0.05, 0) is 37.3 Å². The number of carbonyl (C=O) groups is 1. The fraction of sp³-hybridized carbons (Fsp3) is 0.316. The summed E-state index contributed by atoms with van der Waals surface area (Å²) >= 11 is 5.96. The molecule has 0 saturated heterocycles. The van der Waals surface area contributed by atoms with Crippen molar-refractivity contribution in [1.29, 1.82) is 0 Å². The van der Waals surface area contributed by atoms with Crippen LogP contribution in [0.5, 0.6) is 5.75 Å². The van der Waals surface area contributed by atoms with Crippen LogP contribution < -0.4 is 15.0 Å². The molecule has 146 valence electrons. The topological polar surface area (TPSA) is 42.8 Å². The molecular weight excluding hydrogens is 381 g/mol. The number of amides is 1. The lowest BCUT2D eigenvalue weighted by molar-refractivity contribution is -0.907. The van der Waals surface area contributed by atoms with Gasteiger partial charge >= 0.3 is 6.18 Å². The first-order valence-electron chi connectivity index (χ1n) is 8.24. The Hall–Kier alpha value is -2.25. The molecule has 2 rings (SSSR count). The van der Waals surface area contributed by atoms with Crippen molar-refractivity contribution in [2.24, 2.45) is 0 Å². The Bertz CT molecular complexity index is 795. The van der Waals surface area contributed by atoms with Crippen LogP contribution in [0.3, 0.4) is 0 Å². The first-order chi connectivity index (χ1) is 12.6. The van der Waals surface area contributed by atoms with Gasteiger partial charge in [0.25, 0.3) is 5.91 Å². The number of carbonyl (C=O) groups excluding carboxylic acids is 1. The minimum atomic E-state index is -4.36. The van der Waals surface area contributed by atoms with Crippen molar-refractivity contribution in [2.75, 3.05) is 19.5 Å². The monoisotopic (exact) mass is 401 g/mol. The van der Waals surface area contributed by atoms with E-state index in [0.29, 0.717) is 28.6 Å². The summed E-state index contributed by atoms with van der Waals surface area (Å²) in [5.41, 5.74) is 0.479. The van der Waals surface area contributed by atoms with Crippen LogP contribution in [0.1, 0.15) is 18.1 Å². The van der Waals surface area contributed by atoms with Crippen LogP contribution in [0.25, 0.3) is 0 Å². The van der Waals surface area contributed by atoms with Crippen molar-refractivity contribution < 1.29 is 27.6 Å². The maximum Gasteiger partial charge on any atom is 0.416 e. The van der Waals surface area contributed by atoms with Crippen molar-refractivity contribution in [1.82, 2.24) is 0 Å². The van der Waals surface area contributed by atoms with Crippen molar-refractivity contribution in [3.8, 4) is 5.75 Å². The Balaban J connectivity index is 2.03. The van der Waals surface area contributed by atoms with Crippen LogP contribution in [-0.2, 0) is 17.5 Å². The first kappa shape index (κ1) is 21.1. The number of methoxy groups -OCH3 is 1. The zero-order chi connectivity index (χ0) is 20.2. The number of alkyl halides is 3. The molecule has 4 nitrogen and oxygen atoms in total. The molecule has 0 aliphatic carbocycles. The number of likely N-dealkylation sites (N-methyl/N-ethyl adjacent to an activating group) is 1. The quantitative estimate of drug-likeness (QED) is 0.779. The van der Waals surface area contributed by atoms with Crippen molar-refractivity contribution in [3.05, 3.63) is 58.6 Å². The number of anilines is 1. The van der Waals surface area contributed by atoms with E-state index in [9.17, 15) is 18.0 Å². The molecule has 0 radical (unpaired) electrons. The van der Waals surface area contributed by atoms with Gasteiger partial charge in [0.15, 0.2) is 6.04 Å². The molecule has 0 aliphatic heterocycles. The van der Waals surface area contributed by atoms with Crippen molar-refractivity contribution in [2.45, 2.75) is 25.7 Å². The van der Waals surface area contributed by atoms with E-state index < -0.39 is 17.8 Å². The highest BCUT2D eigenvalue weighted by Crippen LogP contribution is 2.29. The van der Waals surface area contributed by atoms with E-state index in [1.807, 2.05) is 0 Å². The zero-order valence-corrected chi connectivity index (χ0v) is 15.9. The summed E-state index contributed by atoms with van der Waals surface area (Å²) in [6.07, 6.45) is -4.36. The largest absolute Gasteiger partial charge is 0.495 e. The van der Waals surface area contributed by atoms with Gasteiger partial charge in [-0.3, -0.25) is 4.79 Å². The highest BCUT2D eigenvalue weighted by atomic mass is 35.5. The standard InChI is InChI=1S/C19H20ClF3N2O2/c1-12(18(26)24-16-10-15(20)8-9-17(16)27-3)25(2)11-13-4-6-14(7-5-13)19(21,22)23/h4-10,12H,11H2,1-3H3,(H,24,26)/p+1/t12-/m0/s1. The molecule has 0 aliphatic rings. The highest BCUT2D eigenvalue weighted by Gasteiger charge is 2.30. The predicted molar refractivity (Wildman–Crippen MR) is 98.1 cm³/mol. The predicted octanol–water partition coefficient (Wildman–Crippen LogP) is 3.41. The molecule has 2 N–H and O–H groups in total. The number of rotatable bonds is 6. The second-order valence-corrected chi connectivity index (χ2v) is 6.71. The normalized spacial score (nSPS) is 13.7. The van der Waals surface area contributed by atoms with E-state index in [4.69, 9.17) is 16.3 Å². The second kappa shape index (κ2) is 8.63. The molecule has 2 aromatic carbocycles. The fourth-order valence-corrected chi connectivity index (χ4v) is 2.70. The third-order valence-corrected chi connectivity index (χ3v) is 4.55. The van der Waals surface area contributed by atoms with Gasteiger partial charge < -0.3 is 15.0 Å². The molecule has 0 saturated carbocycles. The molecule has 0 fully saturated rings. The highest BCUT2D eigenvalue weighted by molar-refractivity contribution is 6.31. The van der Waals surface area contributed by atoms with E-state index >= 15 is 0 Å². The smallest absolute Gasteiger partial charge is 0.416 e. The molecule has 0 spiro atoms. The van der Waals surface area contributed by atoms with Gasteiger partial charge in [-0.25, -0.2) is 0 Å². The molecule has 27 heavy (non-hydrogen) atoms. The molecule has 0 bridgehead atoms. The summed E-state index contributed by atoms with van der Waals surface area (Å²) in [4.78, 5) is 13.4. The lowest BCUT2D eigenvalue weighted by Crippen LogP contribution is -3.12. The van der Waals surface area contributed by atoms with E-state index in [1.165, 1.54) is 19.2 Å². The Labute approximate surface area is 160 Å². The lowest BCUT2D eigenvalue weighted by atomic mass is 10.1. The summed E-state index contributed by atoms with van der Waals surface area (Å²) < 4.78 is 43.1. The number of halogens is 4. The summed E-state index contributed by atoms with van der Waals surface area (Å²) in [7, 11) is 3.29. The Morgan fingerprint density at radius 3 is 2.41 bits per heavy atom. The van der Waals surface area contributed by atoms with Gasteiger partial charge in [-0.1, -0.05) is 23.7 Å². The van der Waals surface area contributed by atoms with Gasteiger partial charge in [0, 0.05) is 10.6 Å². The maximum atomic E-state index is 12.6. The van der Waals surface area contributed by atoms with Crippen LogP contribution in [0.4, 0.5) is 18.9 Å². The Kier molecular flexibility index (Phi) is 6.73. The van der Waals surface area contributed by atoms with Crippen LogP contribution >= 0.6 is 11.6 Å². The van der Waals surface area contributed by atoms with E-state index in [2.05, 4.69) is 5.32 Å². The second-order valence-electron chi connectivity index (χ2n) is 6.27. The lowest BCUT2D eigenvalue weighted by Gasteiger charge is -2.22. The average Bonchev–Trinajstić information content (AvgIpc) is 2.61. The molecule has 1 unspecified atom stereocenters. The van der Waals surface area contributed by atoms with E-state index in [-0.39, 0.29) is 5.91 Å². The average molecular weight is 402 g/mol. The number of hydrogen-bond acceptors (Lipinski definition) is 2. The van der Waals surface area contributed by atoms with Crippen LogP contribution in [-0.4, -0.2) is 26.1 Å². The van der Waals surface area contributed by atoms with Crippen LogP contribution in [0, 0.1) is 0 Å². The van der Waals surface area contributed by atoms with Crippen LogP contribution in [0.2, 0.25) is 5.02 Å². The number of nitrogens with one attached hydrogen (secondary N) is 2. The third kappa shape index (κ3) is 5.61. The fourth-order valence-electron chi connectivity index (χ4n) is 2.53. The molecule has 8 heteroatoms. The summed E-state index contributed by atoms with van der Waals surface area (Å²) in [5.74, 6) is 0.236. The zero-order valence-electron chi connectivity index (χ0n) is 15.2. The Morgan fingerprint density at radius 1 is 1.22 bits per heavy atom. The van der Waals surface area contributed by atoms with Gasteiger partial charge in [-0.2, -0.15) is 13.2 Å². The molecule has 2 atom stereocenters. The Morgan fingerprint density at radius 2 is 1.85 bits per heavy atom. The van der Waals surface area contributed by atoms with Gasteiger partial charge in [0.05, 0.1) is 25.4 Å². The van der Waals surface area contributed by atoms with Gasteiger partial charge in [0.1, 0.15) is 12.3 Å². The van der Waals surface area contributed by atoms with Gasteiger partial charge in [0.2, 0.25) is 0 Å². The van der Waals surface area contributed by atoms with Crippen molar-refractivity contribution in [3.63, 3.8) is 0 Å². The summed E-state index contributed by atoms with van der Waals surface area (Å²) in [5, 5.41) is 3.24. The number of quaternary nitrogens is 1. The minimum Gasteiger partial charge on any atom is -0.495 e. The van der Waals surface area contributed by atoms with Crippen molar-refractivity contribution >= 4 is 23.2 Å². The molecule has 0 aromatic heterocycles. The van der Waals surface area contributed by atoms with E-state index in [0.717, 1.165) is 17.0 Å². The summed E-state index contributed by atoms with van der Waals surface area (Å²) in [6, 6.07) is 9.40.